The van der Waals surface area contributed by atoms with E-state index in [4.69, 9.17) is 4.74 Å². The molecule has 2 heterocycles. The maximum Gasteiger partial charge on any atom is 0.168 e. The van der Waals surface area contributed by atoms with Crippen LogP contribution in [-0.2, 0) is 0 Å². The summed E-state index contributed by atoms with van der Waals surface area (Å²) in [4.78, 5) is 6.86. The zero-order valence-electron chi connectivity index (χ0n) is 11.4. The first-order chi connectivity index (χ1) is 8.79. The summed E-state index contributed by atoms with van der Waals surface area (Å²) in [5.74, 6) is 1.69. The molecule has 0 aliphatic carbocycles. The molecule has 1 aliphatic rings. The number of aromatic nitrogens is 1. The maximum atomic E-state index is 5.57. The van der Waals surface area contributed by atoms with Gasteiger partial charge >= 0.3 is 0 Å². The molecule has 100 valence electrons. The molecule has 1 saturated heterocycles. The third-order valence-corrected chi connectivity index (χ3v) is 3.18. The molecule has 4 nitrogen and oxygen atoms in total. The van der Waals surface area contributed by atoms with Crippen molar-refractivity contribution >= 4 is 5.82 Å². The van der Waals surface area contributed by atoms with Gasteiger partial charge in [0.2, 0.25) is 0 Å². The average Bonchev–Trinajstić information content (AvgIpc) is 2.84. The second kappa shape index (κ2) is 6.59. The number of hydrogen-bond acceptors (Lipinski definition) is 4. The molecular weight excluding hydrogens is 226 g/mol. The Labute approximate surface area is 109 Å². The fourth-order valence-corrected chi connectivity index (χ4v) is 2.40. The van der Waals surface area contributed by atoms with Gasteiger partial charge in [-0.3, -0.25) is 0 Å². The van der Waals surface area contributed by atoms with Crippen molar-refractivity contribution in [1.29, 1.82) is 0 Å². The van der Waals surface area contributed by atoms with Crippen molar-refractivity contribution in [3.63, 3.8) is 0 Å². The lowest BCUT2D eigenvalue weighted by atomic mass is 10.3. The van der Waals surface area contributed by atoms with Gasteiger partial charge in [0.15, 0.2) is 11.6 Å². The standard InChI is InChI=1S/C14H23N3O/c1-3-18-13-7-6-8-15-14(13)16-12(2)11-17-9-4-5-10-17/h6-8,12H,3-5,9-11H2,1-2H3,(H,15,16). The minimum Gasteiger partial charge on any atom is -0.490 e. The number of rotatable bonds is 6. The molecule has 18 heavy (non-hydrogen) atoms. The Balaban J connectivity index is 1.90. The van der Waals surface area contributed by atoms with E-state index in [2.05, 4.69) is 22.1 Å². The van der Waals surface area contributed by atoms with Gasteiger partial charge in [-0.1, -0.05) is 0 Å². The number of anilines is 1. The summed E-state index contributed by atoms with van der Waals surface area (Å²) in [7, 11) is 0. The minimum atomic E-state index is 0.386. The Kier molecular flexibility index (Phi) is 4.81. The second-order valence-electron chi connectivity index (χ2n) is 4.84. The van der Waals surface area contributed by atoms with Crippen molar-refractivity contribution in [2.24, 2.45) is 0 Å². The van der Waals surface area contributed by atoms with Crippen LogP contribution in [0.25, 0.3) is 0 Å². The van der Waals surface area contributed by atoms with Gasteiger partial charge in [-0.15, -0.1) is 0 Å². The lowest BCUT2D eigenvalue weighted by molar-refractivity contribution is 0.324. The van der Waals surface area contributed by atoms with Crippen LogP contribution in [0.2, 0.25) is 0 Å². The maximum absolute atomic E-state index is 5.57. The van der Waals surface area contributed by atoms with Crippen molar-refractivity contribution in [1.82, 2.24) is 9.88 Å². The highest BCUT2D eigenvalue weighted by molar-refractivity contribution is 5.50. The molecule has 0 aromatic carbocycles. The van der Waals surface area contributed by atoms with Crippen LogP contribution in [0.4, 0.5) is 5.82 Å². The van der Waals surface area contributed by atoms with E-state index in [0.717, 1.165) is 18.1 Å². The Bertz CT molecular complexity index is 364. The summed E-state index contributed by atoms with van der Waals surface area (Å²) in [5.41, 5.74) is 0. The minimum absolute atomic E-state index is 0.386. The number of hydrogen-bond donors (Lipinski definition) is 1. The fourth-order valence-electron chi connectivity index (χ4n) is 2.40. The van der Waals surface area contributed by atoms with E-state index in [0.29, 0.717) is 12.6 Å². The monoisotopic (exact) mass is 249 g/mol. The van der Waals surface area contributed by atoms with E-state index < -0.39 is 0 Å². The normalized spacial score (nSPS) is 17.7. The van der Waals surface area contributed by atoms with E-state index in [1.165, 1.54) is 25.9 Å². The van der Waals surface area contributed by atoms with Gasteiger partial charge < -0.3 is 15.0 Å². The number of pyridine rings is 1. The largest absolute Gasteiger partial charge is 0.490 e. The third-order valence-electron chi connectivity index (χ3n) is 3.18. The van der Waals surface area contributed by atoms with Gasteiger partial charge in [-0.25, -0.2) is 4.98 Å². The van der Waals surface area contributed by atoms with E-state index in [1.807, 2.05) is 19.1 Å². The quantitative estimate of drug-likeness (QED) is 0.840. The van der Waals surface area contributed by atoms with Gasteiger partial charge in [0, 0.05) is 18.8 Å². The number of nitrogens with one attached hydrogen (secondary N) is 1. The molecule has 1 N–H and O–H groups in total. The molecule has 0 spiro atoms. The summed E-state index contributed by atoms with van der Waals surface area (Å²) in [6, 6.07) is 4.25. The average molecular weight is 249 g/mol. The number of likely N-dealkylation sites (tertiary alicyclic amines) is 1. The van der Waals surface area contributed by atoms with Gasteiger partial charge in [0.1, 0.15) is 0 Å². The zero-order chi connectivity index (χ0) is 12.8. The van der Waals surface area contributed by atoms with Crippen LogP contribution in [0, 0.1) is 0 Å². The van der Waals surface area contributed by atoms with E-state index >= 15 is 0 Å². The van der Waals surface area contributed by atoms with Gasteiger partial charge in [0.05, 0.1) is 6.61 Å². The van der Waals surface area contributed by atoms with E-state index in [9.17, 15) is 0 Å². The molecule has 0 amide bonds. The molecule has 1 aliphatic heterocycles. The van der Waals surface area contributed by atoms with Crippen LogP contribution in [0.1, 0.15) is 26.7 Å². The first kappa shape index (κ1) is 13.1. The predicted molar refractivity (Wildman–Crippen MR) is 74.2 cm³/mol. The van der Waals surface area contributed by atoms with Crippen LogP contribution in [-0.4, -0.2) is 42.2 Å². The summed E-state index contributed by atoms with van der Waals surface area (Å²) in [5, 5.41) is 3.44. The van der Waals surface area contributed by atoms with Gasteiger partial charge in [-0.05, 0) is 51.9 Å². The molecule has 0 saturated carbocycles. The Morgan fingerprint density at radius 2 is 2.22 bits per heavy atom. The summed E-state index contributed by atoms with van der Waals surface area (Å²) < 4.78 is 5.57. The first-order valence-corrected chi connectivity index (χ1v) is 6.86. The highest BCUT2D eigenvalue weighted by Gasteiger charge is 2.15. The van der Waals surface area contributed by atoms with Crippen LogP contribution < -0.4 is 10.1 Å². The number of nitrogens with zero attached hydrogens (tertiary/aromatic N) is 2. The Hall–Kier alpha value is -1.29. The smallest absolute Gasteiger partial charge is 0.168 e. The van der Waals surface area contributed by atoms with Crippen LogP contribution in [0.5, 0.6) is 5.75 Å². The molecule has 1 aromatic rings. The van der Waals surface area contributed by atoms with Crippen LogP contribution in [0.15, 0.2) is 18.3 Å². The molecule has 0 bridgehead atoms. The molecule has 1 aromatic heterocycles. The molecule has 0 radical (unpaired) electrons. The first-order valence-electron chi connectivity index (χ1n) is 6.86. The molecule has 1 atom stereocenters. The van der Waals surface area contributed by atoms with Crippen molar-refractivity contribution < 1.29 is 4.74 Å². The lowest BCUT2D eigenvalue weighted by Gasteiger charge is -2.22. The fraction of sp³-hybridized carbons (Fsp3) is 0.643. The SMILES string of the molecule is CCOc1cccnc1NC(C)CN1CCCC1. The lowest BCUT2D eigenvalue weighted by Crippen LogP contribution is -2.33. The van der Waals surface area contributed by atoms with Crippen molar-refractivity contribution in [2.45, 2.75) is 32.7 Å². The molecule has 1 unspecified atom stereocenters. The Morgan fingerprint density at radius 3 is 2.94 bits per heavy atom. The Morgan fingerprint density at radius 1 is 1.44 bits per heavy atom. The summed E-state index contributed by atoms with van der Waals surface area (Å²) in [6.45, 7) is 8.38. The van der Waals surface area contributed by atoms with Gasteiger partial charge in [0.25, 0.3) is 0 Å². The predicted octanol–water partition coefficient (Wildman–Crippen LogP) is 2.38. The highest BCUT2D eigenvalue weighted by atomic mass is 16.5. The van der Waals surface area contributed by atoms with E-state index in [-0.39, 0.29) is 0 Å². The number of ether oxygens (including phenoxy) is 1. The molecule has 1 fully saturated rings. The highest BCUT2D eigenvalue weighted by Crippen LogP contribution is 2.21. The van der Waals surface area contributed by atoms with Crippen LogP contribution >= 0.6 is 0 Å². The van der Waals surface area contributed by atoms with Crippen molar-refractivity contribution in [2.75, 3.05) is 31.6 Å². The molecule has 4 heteroatoms. The van der Waals surface area contributed by atoms with E-state index in [1.54, 1.807) is 6.20 Å². The molecular formula is C14H23N3O. The van der Waals surface area contributed by atoms with Crippen molar-refractivity contribution in [3.05, 3.63) is 18.3 Å². The van der Waals surface area contributed by atoms with Gasteiger partial charge in [-0.2, -0.15) is 0 Å². The zero-order valence-corrected chi connectivity index (χ0v) is 11.4. The third kappa shape index (κ3) is 3.60. The topological polar surface area (TPSA) is 37.4 Å². The molecule has 2 rings (SSSR count). The summed E-state index contributed by atoms with van der Waals surface area (Å²) in [6.07, 6.45) is 4.47. The van der Waals surface area contributed by atoms with Crippen molar-refractivity contribution in [3.8, 4) is 5.75 Å². The van der Waals surface area contributed by atoms with Crippen LogP contribution in [0.3, 0.4) is 0 Å². The second-order valence-corrected chi connectivity index (χ2v) is 4.84. The summed E-state index contributed by atoms with van der Waals surface area (Å²) >= 11 is 0.